The predicted molar refractivity (Wildman–Crippen MR) is 371 cm³/mol. The summed E-state index contributed by atoms with van der Waals surface area (Å²) >= 11 is 0. The third-order valence-electron chi connectivity index (χ3n) is 16.0. The number of phosphoric ester groups is 1. The molecule has 8 nitrogen and oxygen atoms in total. The predicted octanol–water partition coefficient (Wildman–Crippen LogP) is 22.6. The van der Waals surface area contributed by atoms with Crippen LogP contribution in [0.4, 0.5) is 0 Å². The van der Waals surface area contributed by atoms with Crippen LogP contribution in [0.5, 0.6) is 0 Å². The maximum atomic E-state index is 13.0. The first-order valence-corrected chi connectivity index (χ1v) is 37.6. The highest BCUT2D eigenvalue weighted by Crippen LogP contribution is 2.38. The second kappa shape index (κ2) is 65.9. The van der Waals surface area contributed by atoms with Crippen molar-refractivity contribution in [3.8, 4) is 0 Å². The minimum atomic E-state index is -4.62. The van der Waals surface area contributed by atoms with Gasteiger partial charge in [-0.05, 0) is 89.9 Å². The largest absolute Gasteiger partial charge is 0.756 e. The van der Waals surface area contributed by atoms with Crippen LogP contribution < -0.4 is 10.2 Å². The number of unbranched alkanes of at least 4 members (excludes halogenated alkanes) is 39. The van der Waals surface area contributed by atoms with E-state index < -0.39 is 26.6 Å². The molecule has 0 bridgehead atoms. The van der Waals surface area contributed by atoms with Gasteiger partial charge < -0.3 is 28.8 Å². The van der Waals surface area contributed by atoms with Crippen molar-refractivity contribution >= 4 is 13.7 Å². The maximum absolute atomic E-state index is 13.0. The number of hydrogen-bond acceptors (Lipinski definition) is 6. The zero-order chi connectivity index (χ0) is 61.9. The summed E-state index contributed by atoms with van der Waals surface area (Å²) in [6.07, 6.45) is 95.5. The van der Waals surface area contributed by atoms with E-state index in [0.29, 0.717) is 17.4 Å². The number of aliphatic hydroxyl groups excluding tert-OH is 1. The highest BCUT2D eigenvalue weighted by atomic mass is 31.2. The van der Waals surface area contributed by atoms with E-state index in [-0.39, 0.29) is 12.5 Å². The van der Waals surface area contributed by atoms with Gasteiger partial charge in [-0.25, -0.2) is 0 Å². The standard InChI is InChI=1S/C76H139N2O6P/c1-6-8-10-12-14-16-18-20-22-24-26-28-30-32-34-35-36-37-38-39-40-41-42-43-44-46-48-50-52-54-56-58-60-62-64-66-68-70-76(80)77-74(73-84-85(81,82)83-72-71-78(3,4)5)75(79)69-67-65-63-61-59-57-55-53-51-49-47-45-33-31-29-27-25-23-21-19-17-15-13-11-9-7-2/h8,10,14,16,20,22,26,28,32,34,51,53,59,61,67,69,74-75,79H,6-7,9,11-13,15,17-19,21,23-25,27,29-31,33,35-50,52,54-58,60,62-66,68,70-73H2,1-5H3,(H-,77,80,81,82)/b10-8-,16-14-,22-20-,28-26-,34-32-,53-51+,61-59+,69-67+. The third kappa shape index (κ3) is 68.8. The van der Waals surface area contributed by atoms with Gasteiger partial charge in [0.05, 0.1) is 39.9 Å². The second-order valence-corrected chi connectivity index (χ2v) is 27.0. The van der Waals surface area contributed by atoms with Gasteiger partial charge in [0.1, 0.15) is 13.2 Å². The van der Waals surface area contributed by atoms with Gasteiger partial charge in [-0.2, -0.15) is 0 Å². The molecule has 0 rings (SSSR count). The van der Waals surface area contributed by atoms with E-state index >= 15 is 0 Å². The molecule has 0 heterocycles. The molecule has 3 atom stereocenters. The minimum Gasteiger partial charge on any atom is -0.756 e. The summed E-state index contributed by atoms with van der Waals surface area (Å²) < 4.78 is 23.4. The van der Waals surface area contributed by atoms with Gasteiger partial charge in [0.25, 0.3) is 7.82 Å². The third-order valence-corrected chi connectivity index (χ3v) is 17.0. The topological polar surface area (TPSA) is 108 Å². The highest BCUT2D eigenvalue weighted by molar-refractivity contribution is 7.45. The molecule has 0 fully saturated rings. The SMILES string of the molecule is CC/C=C\C/C=C\C/C=C\C/C=C\C/C=C\CCCCCCCCCCCCCCCCCCCCCCCC(=O)NC(COP(=O)([O-])OCC[N+](C)(C)C)C(O)/C=C/CC/C=C/CC/C=C/CCCCCCCCCCCCCCCCCC. The summed E-state index contributed by atoms with van der Waals surface area (Å²) in [6.45, 7) is 4.54. The first-order chi connectivity index (χ1) is 41.5. The van der Waals surface area contributed by atoms with E-state index in [1.54, 1.807) is 6.08 Å². The molecule has 0 radical (unpaired) electrons. The molecule has 2 N–H and O–H groups in total. The van der Waals surface area contributed by atoms with Crippen LogP contribution in [-0.4, -0.2) is 68.5 Å². The fourth-order valence-corrected chi connectivity index (χ4v) is 11.2. The lowest BCUT2D eigenvalue weighted by Gasteiger charge is -2.29. The Bertz CT molecular complexity index is 1710. The number of aliphatic hydroxyl groups is 1. The maximum Gasteiger partial charge on any atom is 0.268 e. The molecule has 0 aromatic rings. The summed E-state index contributed by atoms with van der Waals surface area (Å²) in [7, 11) is 1.24. The zero-order valence-corrected chi connectivity index (χ0v) is 57.4. The Morgan fingerprint density at radius 2 is 0.729 bits per heavy atom. The quantitative estimate of drug-likeness (QED) is 0.0272. The van der Waals surface area contributed by atoms with Crippen LogP contribution in [0.15, 0.2) is 97.2 Å². The summed E-state index contributed by atoms with van der Waals surface area (Å²) in [5, 5.41) is 13.9. The van der Waals surface area contributed by atoms with Crippen molar-refractivity contribution in [2.75, 3.05) is 40.9 Å². The smallest absolute Gasteiger partial charge is 0.268 e. The van der Waals surface area contributed by atoms with E-state index in [0.717, 1.165) is 77.0 Å². The first kappa shape index (κ1) is 82.4. The van der Waals surface area contributed by atoms with Gasteiger partial charge in [0.15, 0.2) is 0 Å². The number of quaternary nitrogens is 1. The van der Waals surface area contributed by atoms with Crippen molar-refractivity contribution in [2.45, 2.75) is 341 Å². The van der Waals surface area contributed by atoms with Gasteiger partial charge in [0.2, 0.25) is 5.91 Å². The monoisotopic (exact) mass is 1210 g/mol. The van der Waals surface area contributed by atoms with Crippen LogP contribution in [0.1, 0.15) is 328 Å². The number of amides is 1. The van der Waals surface area contributed by atoms with Gasteiger partial charge in [-0.3, -0.25) is 9.36 Å². The molecule has 85 heavy (non-hydrogen) atoms. The number of rotatable bonds is 66. The Balaban J connectivity index is 4.06. The van der Waals surface area contributed by atoms with E-state index in [9.17, 15) is 19.4 Å². The molecule has 3 unspecified atom stereocenters. The molecule has 0 saturated heterocycles. The fourth-order valence-electron chi connectivity index (χ4n) is 10.5. The lowest BCUT2D eigenvalue weighted by Crippen LogP contribution is -2.45. The number of nitrogens with zero attached hydrogens (tertiary/aromatic N) is 1. The number of nitrogens with one attached hydrogen (secondary N) is 1. The molecule has 0 saturated carbocycles. The lowest BCUT2D eigenvalue weighted by molar-refractivity contribution is -0.870. The van der Waals surface area contributed by atoms with Crippen LogP contribution in [0.2, 0.25) is 0 Å². The average Bonchev–Trinajstić information content (AvgIpc) is 3.49. The molecule has 1 amide bonds. The van der Waals surface area contributed by atoms with Crippen LogP contribution in [0.25, 0.3) is 0 Å². The lowest BCUT2D eigenvalue weighted by atomic mass is 10.0. The van der Waals surface area contributed by atoms with Gasteiger partial charge in [-0.1, -0.05) is 329 Å². The molecule has 0 aliphatic carbocycles. The summed E-state index contributed by atoms with van der Waals surface area (Å²) in [6, 6.07) is -0.914. The van der Waals surface area contributed by atoms with Crippen LogP contribution in [-0.2, 0) is 18.4 Å². The number of phosphoric acid groups is 1. The molecule has 494 valence electrons. The molecule has 9 heteroatoms. The van der Waals surface area contributed by atoms with Gasteiger partial charge >= 0.3 is 0 Å². The number of allylic oxidation sites excluding steroid dienone is 15. The number of hydrogen-bond donors (Lipinski definition) is 2. The van der Waals surface area contributed by atoms with Crippen molar-refractivity contribution < 1.29 is 32.9 Å². The molecule has 0 aromatic heterocycles. The molecule has 0 aliphatic heterocycles. The molecule has 0 aromatic carbocycles. The Morgan fingerprint density at radius 3 is 1.09 bits per heavy atom. The van der Waals surface area contributed by atoms with Crippen molar-refractivity contribution in [2.24, 2.45) is 0 Å². The highest BCUT2D eigenvalue weighted by Gasteiger charge is 2.23. The minimum absolute atomic E-state index is 0.0105. The van der Waals surface area contributed by atoms with E-state index in [4.69, 9.17) is 9.05 Å². The van der Waals surface area contributed by atoms with Crippen molar-refractivity contribution in [3.63, 3.8) is 0 Å². The van der Waals surface area contributed by atoms with Gasteiger partial charge in [-0.15, -0.1) is 0 Å². The van der Waals surface area contributed by atoms with Crippen LogP contribution in [0, 0.1) is 0 Å². The molecule has 0 spiro atoms. The Labute approximate surface area is 528 Å². The van der Waals surface area contributed by atoms with Crippen LogP contribution >= 0.6 is 7.82 Å². The first-order valence-electron chi connectivity index (χ1n) is 36.1. The zero-order valence-electron chi connectivity index (χ0n) is 56.5. The van der Waals surface area contributed by atoms with Gasteiger partial charge in [0, 0.05) is 6.42 Å². The van der Waals surface area contributed by atoms with E-state index in [2.05, 4.69) is 104 Å². The number of likely N-dealkylation sites (N-methyl/N-ethyl adjacent to an activating group) is 1. The van der Waals surface area contributed by atoms with E-state index in [1.807, 2.05) is 27.2 Å². The fraction of sp³-hybridized carbons (Fsp3) is 0.776. The summed E-state index contributed by atoms with van der Waals surface area (Å²) in [4.78, 5) is 25.6. The number of carbonyl (C=O) groups excluding carboxylic acids is 1. The van der Waals surface area contributed by atoms with E-state index in [1.165, 1.54) is 231 Å². The molecular formula is C76H139N2O6P. The number of carbonyl (C=O) groups is 1. The summed E-state index contributed by atoms with van der Waals surface area (Å²) in [5.74, 6) is -0.208. The summed E-state index contributed by atoms with van der Waals surface area (Å²) in [5.41, 5.74) is 0. The Kier molecular flexibility index (Phi) is 63.9. The second-order valence-electron chi connectivity index (χ2n) is 25.5. The Hall–Kier alpha value is -2.58. The van der Waals surface area contributed by atoms with Crippen LogP contribution in [0.3, 0.4) is 0 Å². The molecular weight excluding hydrogens is 1070 g/mol. The van der Waals surface area contributed by atoms with Crippen molar-refractivity contribution in [3.05, 3.63) is 97.2 Å². The average molecular weight is 1210 g/mol. The molecule has 0 aliphatic rings. The van der Waals surface area contributed by atoms with Crippen molar-refractivity contribution in [1.82, 2.24) is 5.32 Å². The normalized spacial score (nSPS) is 14.2. The van der Waals surface area contributed by atoms with Crippen molar-refractivity contribution in [1.29, 1.82) is 0 Å². The Morgan fingerprint density at radius 1 is 0.424 bits per heavy atom.